The molecule has 2 N–H and O–H groups in total. The molecule has 0 aromatic heterocycles. The smallest absolute Gasteiger partial charge is 0.118 e. The van der Waals surface area contributed by atoms with Gasteiger partial charge in [0.05, 0.1) is 5.02 Å². The van der Waals surface area contributed by atoms with Crippen molar-refractivity contribution in [3.8, 4) is 0 Å². The van der Waals surface area contributed by atoms with E-state index in [0.717, 1.165) is 22.5 Å². The number of oxime groups is 1. The van der Waals surface area contributed by atoms with Crippen molar-refractivity contribution in [1.82, 2.24) is 0 Å². The molecule has 3 nitrogen and oxygen atoms in total. The molecule has 0 saturated carbocycles. The van der Waals surface area contributed by atoms with Crippen molar-refractivity contribution in [2.24, 2.45) is 5.16 Å². The lowest BCUT2D eigenvalue weighted by Crippen LogP contribution is -2.06. The molecule has 0 heterocycles. The number of anilines is 2. The second kappa shape index (κ2) is 7.20. The predicted octanol–water partition coefficient (Wildman–Crippen LogP) is 5.62. The van der Waals surface area contributed by atoms with E-state index in [1.165, 1.54) is 0 Å². The van der Waals surface area contributed by atoms with Gasteiger partial charge in [-0.1, -0.05) is 59.2 Å². The third-order valence-corrected chi connectivity index (χ3v) is 4.10. The summed E-state index contributed by atoms with van der Waals surface area (Å²) in [6.45, 7) is 1.97. The first-order valence-electron chi connectivity index (χ1n) is 7.59. The van der Waals surface area contributed by atoms with Crippen LogP contribution in [-0.2, 0) is 0 Å². The van der Waals surface area contributed by atoms with Crippen LogP contribution in [-0.4, -0.2) is 10.9 Å². The van der Waals surface area contributed by atoms with E-state index in [9.17, 15) is 5.21 Å². The Labute approximate surface area is 146 Å². The number of hydrogen-bond donors (Lipinski definition) is 2. The number of nitrogens with zero attached hydrogens (tertiary/aromatic N) is 1. The summed E-state index contributed by atoms with van der Waals surface area (Å²) in [7, 11) is 0. The monoisotopic (exact) mass is 336 g/mol. The molecule has 0 bridgehead atoms. The summed E-state index contributed by atoms with van der Waals surface area (Å²) in [6.07, 6.45) is 0. The second-order valence-electron chi connectivity index (χ2n) is 5.45. The van der Waals surface area contributed by atoms with Crippen LogP contribution in [0, 0.1) is 6.92 Å². The Balaban J connectivity index is 1.93. The van der Waals surface area contributed by atoms with Crippen molar-refractivity contribution in [2.75, 3.05) is 5.32 Å². The molecule has 0 aliphatic rings. The zero-order valence-electron chi connectivity index (χ0n) is 13.2. The molecule has 3 rings (SSSR count). The highest BCUT2D eigenvalue weighted by Crippen LogP contribution is 2.27. The van der Waals surface area contributed by atoms with Gasteiger partial charge in [-0.15, -0.1) is 0 Å². The molecule has 0 fully saturated rings. The first-order chi connectivity index (χ1) is 11.7. The highest BCUT2D eigenvalue weighted by Gasteiger charge is 2.14. The molecule has 4 heteroatoms. The first-order valence-corrected chi connectivity index (χ1v) is 7.97. The molecule has 0 amide bonds. The van der Waals surface area contributed by atoms with E-state index < -0.39 is 0 Å². The predicted molar refractivity (Wildman–Crippen MR) is 99.8 cm³/mol. The molecule has 0 atom stereocenters. The van der Waals surface area contributed by atoms with Gasteiger partial charge in [-0.3, -0.25) is 0 Å². The number of halogens is 1. The molecule has 0 radical (unpaired) electrons. The Bertz CT molecular complexity index is 876. The van der Waals surface area contributed by atoms with Crippen molar-refractivity contribution in [2.45, 2.75) is 6.92 Å². The zero-order valence-corrected chi connectivity index (χ0v) is 14.0. The van der Waals surface area contributed by atoms with Crippen molar-refractivity contribution < 1.29 is 5.21 Å². The fraction of sp³-hybridized carbons (Fsp3) is 0.0500. The average molecular weight is 337 g/mol. The summed E-state index contributed by atoms with van der Waals surface area (Å²) in [6, 6.07) is 23.2. The molecular formula is C20H17ClN2O. The minimum Gasteiger partial charge on any atom is -0.410 e. The van der Waals surface area contributed by atoms with Crippen LogP contribution in [0.2, 0.25) is 5.02 Å². The van der Waals surface area contributed by atoms with Gasteiger partial charge in [0.15, 0.2) is 0 Å². The Kier molecular flexibility index (Phi) is 4.82. The summed E-state index contributed by atoms with van der Waals surface area (Å²) >= 11 is 6.44. The topological polar surface area (TPSA) is 44.6 Å². The van der Waals surface area contributed by atoms with E-state index in [2.05, 4.69) is 10.5 Å². The molecule has 120 valence electrons. The quantitative estimate of drug-likeness (QED) is 0.369. The van der Waals surface area contributed by atoms with Gasteiger partial charge >= 0.3 is 0 Å². The number of benzene rings is 3. The van der Waals surface area contributed by atoms with Gasteiger partial charge in [0.25, 0.3) is 0 Å². The molecule has 0 unspecified atom stereocenters. The van der Waals surface area contributed by atoms with Crippen LogP contribution in [0.1, 0.15) is 16.7 Å². The lowest BCUT2D eigenvalue weighted by molar-refractivity contribution is 0.319. The van der Waals surface area contributed by atoms with Gasteiger partial charge in [0, 0.05) is 22.5 Å². The van der Waals surface area contributed by atoms with Crippen LogP contribution in [0.3, 0.4) is 0 Å². The first kappa shape index (κ1) is 16.1. The molecule has 0 saturated heterocycles. The highest BCUT2D eigenvalue weighted by molar-refractivity contribution is 6.35. The number of rotatable bonds is 4. The zero-order chi connectivity index (χ0) is 16.9. The second-order valence-corrected chi connectivity index (χ2v) is 5.86. The summed E-state index contributed by atoms with van der Waals surface area (Å²) < 4.78 is 0. The van der Waals surface area contributed by atoms with Crippen LogP contribution < -0.4 is 5.32 Å². The maximum Gasteiger partial charge on any atom is 0.118 e. The Hall–Kier alpha value is -2.78. The summed E-state index contributed by atoms with van der Waals surface area (Å²) in [5.41, 5.74) is 4.88. The molecular weight excluding hydrogens is 320 g/mol. The number of hydrogen-bond acceptors (Lipinski definition) is 3. The van der Waals surface area contributed by atoms with Gasteiger partial charge in [-0.05, 0) is 42.8 Å². The van der Waals surface area contributed by atoms with Gasteiger partial charge < -0.3 is 10.5 Å². The van der Waals surface area contributed by atoms with Crippen molar-refractivity contribution in [3.05, 3.63) is 94.5 Å². The van der Waals surface area contributed by atoms with Gasteiger partial charge in [0.2, 0.25) is 0 Å². The Morgan fingerprint density at radius 2 is 1.58 bits per heavy atom. The lowest BCUT2D eigenvalue weighted by Gasteiger charge is -2.12. The minimum absolute atomic E-state index is 0.462. The third kappa shape index (κ3) is 3.42. The fourth-order valence-electron chi connectivity index (χ4n) is 2.56. The summed E-state index contributed by atoms with van der Waals surface area (Å²) in [5.74, 6) is 0. The Morgan fingerprint density at radius 1 is 0.875 bits per heavy atom. The van der Waals surface area contributed by atoms with E-state index in [0.29, 0.717) is 16.3 Å². The maximum atomic E-state index is 9.50. The molecule has 3 aromatic rings. The molecule has 0 aliphatic heterocycles. The van der Waals surface area contributed by atoms with Gasteiger partial charge in [-0.2, -0.15) is 0 Å². The fourth-order valence-corrected chi connectivity index (χ4v) is 2.83. The molecule has 3 aromatic carbocycles. The van der Waals surface area contributed by atoms with Crippen molar-refractivity contribution in [1.29, 1.82) is 0 Å². The molecule has 0 aliphatic carbocycles. The molecule has 0 spiro atoms. The lowest BCUT2D eigenvalue weighted by atomic mass is 9.98. The van der Waals surface area contributed by atoms with Crippen LogP contribution in [0.15, 0.2) is 78.0 Å². The van der Waals surface area contributed by atoms with Gasteiger partial charge in [-0.25, -0.2) is 0 Å². The molecule has 24 heavy (non-hydrogen) atoms. The van der Waals surface area contributed by atoms with E-state index in [-0.39, 0.29) is 0 Å². The van der Waals surface area contributed by atoms with E-state index in [1.807, 2.05) is 79.7 Å². The third-order valence-electron chi connectivity index (χ3n) is 3.79. The minimum atomic E-state index is 0.462. The SMILES string of the molecule is Cc1ccccc1C(=NO)c1ccc(Nc2ccccc2)cc1Cl. The van der Waals surface area contributed by atoms with Gasteiger partial charge in [0.1, 0.15) is 5.71 Å². The number of para-hydroxylation sites is 1. The summed E-state index contributed by atoms with van der Waals surface area (Å²) in [4.78, 5) is 0. The average Bonchev–Trinajstić information content (AvgIpc) is 2.60. The number of nitrogens with one attached hydrogen (secondary N) is 1. The summed E-state index contributed by atoms with van der Waals surface area (Å²) in [5, 5.41) is 16.8. The normalized spacial score (nSPS) is 11.3. The standard InChI is InChI=1S/C20H17ClN2O/c1-14-7-5-6-10-17(14)20(23-24)18-12-11-16(13-19(18)21)22-15-8-3-2-4-9-15/h2-13,22,24H,1H3. The van der Waals surface area contributed by atoms with Crippen LogP contribution in [0.4, 0.5) is 11.4 Å². The maximum absolute atomic E-state index is 9.50. The van der Waals surface area contributed by atoms with E-state index in [1.54, 1.807) is 0 Å². The van der Waals surface area contributed by atoms with Crippen molar-refractivity contribution in [3.63, 3.8) is 0 Å². The van der Waals surface area contributed by atoms with Crippen LogP contribution in [0.25, 0.3) is 0 Å². The largest absolute Gasteiger partial charge is 0.410 e. The van der Waals surface area contributed by atoms with E-state index in [4.69, 9.17) is 11.6 Å². The van der Waals surface area contributed by atoms with E-state index >= 15 is 0 Å². The highest BCUT2D eigenvalue weighted by atomic mass is 35.5. The van der Waals surface area contributed by atoms with Crippen molar-refractivity contribution >= 4 is 28.7 Å². The van der Waals surface area contributed by atoms with Crippen LogP contribution in [0.5, 0.6) is 0 Å². The van der Waals surface area contributed by atoms with Crippen LogP contribution >= 0.6 is 11.6 Å². The number of aryl methyl sites for hydroxylation is 1. The Morgan fingerprint density at radius 3 is 2.25 bits per heavy atom.